The van der Waals surface area contributed by atoms with Crippen molar-refractivity contribution in [2.45, 2.75) is 84.2 Å². The summed E-state index contributed by atoms with van der Waals surface area (Å²) in [5, 5.41) is 10.2. The van der Waals surface area contributed by atoms with Crippen LogP contribution in [0.3, 0.4) is 0 Å². The van der Waals surface area contributed by atoms with E-state index >= 15 is 0 Å². The van der Waals surface area contributed by atoms with E-state index in [-0.39, 0.29) is 22.9 Å². The molecule has 1 heterocycles. The third-order valence-corrected chi connectivity index (χ3v) is 9.85. The summed E-state index contributed by atoms with van der Waals surface area (Å²) < 4.78 is 0. The lowest BCUT2D eigenvalue weighted by molar-refractivity contribution is -0.129. The molecule has 0 saturated heterocycles. The maximum absolute atomic E-state index is 13.3. The molecular weight excluding hydrogens is 370 g/mol. The number of nitrogens with zero attached hydrogens (tertiary/aromatic N) is 1. The Morgan fingerprint density at radius 1 is 1.17 bits per heavy atom. The van der Waals surface area contributed by atoms with Crippen LogP contribution in [0.15, 0.2) is 36.2 Å². The molecule has 4 aliphatic rings. The van der Waals surface area contributed by atoms with Crippen molar-refractivity contribution >= 4 is 5.78 Å². The first kappa shape index (κ1) is 20.4. The fourth-order valence-electron chi connectivity index (χ4n) is 8.16. The monoisotopic (exact) mass is 407 g/mol. The zero-order valence-electron chi connectivity index (χ0n) is 18.6. The molecule has 0 radical (unpaired) electrons. The van der Waals surface area contributed by atoms with Gasteiger partial charge in [-0.15, -0.1) is 0 Å². The molecular formula is C27H37NO2. The molecule has 0 bridgehead atoms. The van der Waals surface area contributed by atoms with Crippen LogP contribution in [-0.4, -0.2) is 22.0 Å². The molecule has 1 aromatic rings. The van der Waals surface area contributed by atoms with Crippen molar-refractivity contribution in [2.24, 2.45) is 34.5 Å². The molecule has 7 atom stereocenters. The first-order chi connectivity index (χ1) is 14.4. The number of rotatable bonds is 4. The minimum absolute atomic E-state index is 0.136. The number of pyridine rings is 1. The predicted octanol–water partition coefficient (Wildman–Crippen LogP) is 5.52. The average Bonchev–Trinajstić information content (AvgIpc) is 3.10. The third kappa shape index (κ3) is 3.20. The van der Waals surface area contributed by atoms with Crippen LogP contribution in [0, 0.1) is 34.5 Å². The molecule has 5 rings (SSSR count). The Labute approximate surface area is 181 Å². The molecule has 3 saturated carbocycles. The second kappa shape index (κ2) is 7.58. The minimum atomic E-state index is -0.136. The highest BCUT2D eigenvalue weighted by Gasteiger charge is 2.59. The van der Waals surface area contributed by atoms with Crippen molar-refractivity contribution in [3.8, 4) is 0 Å². The highest BCUT2D eigenvalue weighted by molar-refractivity contribution is 5.82. The zero-order chi connectivity index (χ0) is 20.9. The number of carbonyl (C=O) groups is 1. The molecule has 3 heteroatoms. The van der Waals surface area contributed by atoms with Gasteiger partial charge in [-0.2, -0.15) is 0 Å². The largest absolute Gasteiger partial charge is 0.393 e. The van der Waals surface area contributed by atoms with Crippen LogP contribution in [0.4, 0.5) is 0 Å². The lowest BCUT2D eigenvalue weighted by atomic mass is 9.47. The van der Waals surface area contributed by atoms with Crippen LogP contribution in [0.25, 0.3) is 0 Å². The third-order valence-electron chi connectivity index (χ3n) is 9.85. The van der Waals surface area contributed by atoms with Crippen molar-refractivity contribution in [2.75, 3.05) is 0 Å². The van der Waals surface area contributed by atoms with E-state index in [0.29, 0.717) is 18.1 Å². The number of hydrogen-bond acceptors (Lipinski definition) is 3. The van der Waals surface area contributed by atoms with Crippen LogP contribution in [0.5, 0.6) is 0 Å². The summed E-state index contributed by atoms with van der Waals surface area (Å²) >= 11 is 0. The van der Waals surface area contributed by atoms with Gasteiger partial charge < -0.3 is 5.11 Å². The maximum Gasteiger partial charge on any atom is 0.136 e. The molecule has 1 N–H and O–H groups in total. The molecule has 0 unspecified atom stereocenters. The van der Waals surface area contributed by atoms with Gasteiger partial charge in [0.2, 0.25) is 0 Å². The Morgan fingerprint density at radius 3 is 2.83 bits per heavy atom. The van der Waals surface area contributed by atoms with Crippen molar-refractivity contribution in [3.63, 3.8) is 0 Å². The van der Waals surface area contributed by atoms with Gasteiger partial charge in [0.1, 0.15) is 5.78 Å². The van der Waals surface area contributed by atoms with E-state index in [1.165, 1.54) is 36.8 Å². The van der Waals surface area contributed by atoms with E-state index in [4.69, 9.17) is 0 Å². The van der Waals surface area contributed by atoms with Crippen LogP contribution in [0.2, 0.25) is 0 Å². The number of Topliss-reactive ketones (excluding diaryl/α,β-unsaturated/α-hetero) is 1. The first-order valence-corrected chi connectivity index (χ1v) is 12.2. The van der Waals surface area contributed by atoms with Crippen LogP contribution in [0.1, 0.15) is 77.2 Å². The van der Waals surface area contributed by atoms with Gasteiger partial charge in [0.05, 0.1) is 6.10 Å². The highest BCUT2D eigenvalue weighted by Crippen LogP contribution is 2.66. The Kier molecular flexibility index (Phi) is 5.16. The molecule has 3 nitrogen and oxygen atoms in total. The highest BCUT2D eigenvalue weighted by atomic mass is 16.3. The number of hydrogen-bond donors (Lipinski definition) is 1. The van der Waals surface area contributed by atoms with Gasteiger partial charge in [-0.25, -0.2) is 0 Å². The lowest BCUT2D eigenvalue weighted by Crippen LogP contribution is -2.51. The quantitative estimate of drug-likeness (QED) is 0.668. The van der Waals surface area contributed by atoms with E-state index in [9.17, 15) is 9.90 Å². The second-order valence-electron chi connectivity index (χ2n) is 11.2. The Hall–Kier alpha value is -1.48. The Morgan fingerprint density at radius 2 is 2.03 bits per heavy atom. The molecule has 0 aliphatic heterocycles. The summed E-state index contributed by atoms with van der Waals surface area (Å²) in [4.78, 5) is 17.5. The summed E-state index contributed by atoms with van der Waals surface area (Å²) in [7, 11) is 0. The number of ketones is 1. The van der Waals surface area contributed by atoms with Crippen molar-refractivity contribution in [1.82, 2.24) is 4.98 Å². The SMILES string of the molecule is C[C@]12CC[C@H]3[C@@H](CC=C4C[C@@H](O)CC[C@@]43C)[C@@H]1CC[C@@H]2C(=O)CCc1cccnc1. The molecule has 3 fully saturated rings. The van der Waals surface area contributed by atoms with Gasteiger partial charge in [0, 0.05) is 24.7 Å². The number of aliphatic hydroxyl groups excluding tert-OH is 1. The predicted molar refractivity (Wildman–Crippen MR) is 119 cm³/mol. The maximum atomic E-state index is 13.3. The molecule has 1 aromatic heterocycles. The number of aryl methyl sites for hydroxylation is 1. The fourth-order valence-corrected chi connectivity index (χ4v) is 8.16. The van der Waals surface area contributed by atoms with E-state index in [0.717, 1.165) is 43.9 Å². The normalized spacial score (nSPS) is 42.6. The van der Waals surface area contributed by atoms with Gasteiger partial charge in [-0.3, -0.25) is 9.78 Å². The van der Waals surface area contributed by atoms with Gasteiger partial charge in [-0.05, 0) is 98.0 Å². The second-order valence-corrected chi connectivity index (χ2v) is 11.2. The number of aliphatic hydroxyl groups is 1. The summed E-state index contributed by atoms with van der Waals surface area (Å²) in [6.45, 7) is 4.93. The van der Waals surface area contributed by atoms with E-state index in [2.05, 4.69) is 31.0 Å². The topological polar surface area (TPSA) is 50.2 Å². The molecule has 30 heavy (non-hydrogen) atoms. The van der Waals surface area contributed by atoms with E-state index < -0.39 is 0 Å². The van der Waals surface area contributed by atoms with E-state index in [1.807, 2.05) is 12.3 Å². The smallest absolute Gasteiger partial charge is 0.136 e. The van der Waals surface area contributed by atoms with Gasteiger partial charge in [-0.1, -0.05) is 31.6 Å². The van der Waals surface area contributed by atoms with Crippen LogP contribution >= 0.6 is 0 Å². The standard InChI is InChI=1S/C27H37NO2/c1-26-13-11-20(29)16-19(26)6-7-21-22-8-9-24(27(22,2)14-12-23(21)26)25(30)10-5-18-4-3-15-28-17-18/h3-4,6,15,17,20-24,29H,5,7-14,16H2,1-2H3/t20-,21-,22-,23-,24+,26-,27-/m0/s1. The minimum Gasteiger partial charge on any atom is -0.393 e. The van der Waals surface area contributed by atoms with Gasteiger partial charge in [0.25, 0.3) is 0 Å². The Bertz CT molecular complexity index is 833. The molecule has 162 valence electrons. The van der Waals surface area contributed by atoms with Crippen LogP contribution < -0.4 is 0 Å². The average molecular weight is 408 g/mol. The summed E-state index contributed by atoms with van der Waals surface area (Å²) in [6, 6.07) is 4.04. The number of carbonyl (C=O) groups excluding carboxylic acids is 1. The lowest BCUT2D eigenvalue weighted by Gasteiger charge is -2.58. The van der Waals surface area contributed by atoms with Gasteiger partial charge >= 0.3 is 0 Å². The fraction of sp³-hybridized carbons (Fsp3) is 0.704. The zero-order valence-corrected chi connectivity index (χ0v) is 18.6. The number of fused-ring (bicyclic) bond motifs is 5. The summed E-state index contributed by atoms with van der Waals surface area (Å²) in [5.41, 5.74) is 3.18. The number of aromatic nitrogens is 1. The molecule has 0 spiro atoms. The van der Waals surface area contributed by atoms with Crippen molar-refractivity contribution in [3.05, 3.63) is 41.7 Å². The van der Waals surface area contributed by atoms with Crippen molar-refractivity contribution in [1.29, 1.82) is 0 Å². The summed E-state index contributed by atoms with van der Waals surface area (Å²) in [5.74, 6) is 2.88. The van der Waals surface area contributed by atoms with Crippen molar-refractivity contribution < 1.29 is 9.90 Å². The molecule has 4 aliphatic carbocycles. The molecule has 0 aromatic carbocycles. The van der Waals surface area contributed by atoms with E-state index in [1.54, 1.807) is 6.20 Å². The molecule has 0 amide bonds. The summed E-state index contributed by atoms with van der Waals surface area (Å²) in [6.07, 6.45) is 16.4. The van der Waals surface area contributed by atoms with Crippen LogP contribution in [-0.2, 0) is 11.2 Å². The number of allylic oxidation sites excluding steroid dienone is 1. The Balaban J connectivity index is 1.32. The first-order valence-electron chi connectivity index (χ1n) is 12.2. The van der Waals surface area contributed by atoms with Gasteiger partial charge in [0.15, 0.2) is 0 Å².